The third-order valence-corrected chi connectivity index (χ3v) is 3.64. The quantitative estimate of drug-likeness (QED) is 0.722. The summed E-state index contributed by atoms with van der Waals surface area (Å²) in [5.41, 5.74) is 0.853. The highest BCUT2D eigenvalue weighted by molar-refractivity contribution is 7.09. The molecule has 3 heteroatoms. The molecule has 1 nitrogen and oxygen atoms in total. The van der Waals surface area contributed by atoms with Crippen LogP contribution in [-0.2, 0) is 6.42 Å². The van der Waals surface area contributed by atoms with E-state index in [9.17, 15) is 4.79 Å². The Bertz CT molecular complexity index is 387. The highest BCUT2D eigenvalue weighted by Gasteiger charge is 2.06. The fourth-order valence-electron chi connectivity index (χ4n) is 1.26. The number of ketones is 1. The monoisotopic (exact) mass is 222 g/mol. The smallest absolute Gasteiger partial charge is 0.164 e. The van der Waals surface area contributed by atoms with Crippen LogP contribution in [0.15, 0.2) is 34.3 Å². The van der Waals surface area contributed by atoms with Gasteiger partial charge in [-0.05, 0) is 29.3 Å². The lowest BCUT2D eigenvalue weighted by molar-refractivity contribution is 0.0983. The van der Waals surface area contributed by atoms with Crippen LogP contribution in [0.1, 0.15) is 21.7 Å². The van der Waals surface area contributed by atoms with Crippen molar-refractivity contribution in [3.63, 3.8) is 0 Å². The molecule has 0 saturated carbocycles. The van der Waals surface area contributed by atoms with Crippen molar-refractivity contribution in [3.05, 3.63) is 44.8 Å². The largest absolute Gasteiger partial charge is 0.294 e. The molecule has 0 aromatic carbocycles. The van der Waals surface area contributed by atoms with E-state index in [4.69, 9.17) is 0 Å². The third-order valence-electron chi connectivity index (χ3n) is 2.02. The molecule has 0 unspecified atom stereocenters. The normalized spacial score (nSPS) is 10.3. The first kappa shape index (κ1) is 9.62. The average molecular weight is 222 g/mol. The number of hydrogen-bond acceptors (Lipinski definition) is 3. The lowest BCUT2D eigenvalue weighted by Crippen LogP contribution is -1.98. The molecular weight excluding hydrogens is 212 g/mol. The SMILES string of the molecule is O=C(CCc1cccs1)c1ccsc1. The molecule has 2 aromatic heterocycles. The Balaban J connectivity index is 1.90. The van der Waals surface area contributed by atoms with Crippen LogP contribution in [0, 0.1) is 0 Å². The Morgan fingerprint density at radius 1 is 1.29 bits per heavy atom. The summed E-state index contributed by atoms with van der Waals surface area (Å²) >= 11 is 3.29. The zero-order valence-electron chi connectivity index (χ0n) is 7.60. The fraction of sp³-hybridized carbons (Fsp3) is 0.182. The van der Waals surface area contributed by atoms with Crippen LogP contribution in [0.25, 0.3) is 0 Å². The van der Waals surface area contributed by atoms with Crippen molar-refractivity contribution in [2.24, 2.45) is 0 Å². The van der Waals surface area contributed by atoms with Crippen LogP contribution >= 0.6 is 22.7 Å². The van der Waals surface area contributed by atoms with Gasteiger partial charge in [-0.15, -0.1) is 11.3 Å². The van der Waals surface area contributed by atoms with Gasteiger partial charge in [0, 0.05) is 22.2 Å². The van der Waals surface area contributed by atoms with Crippen molar-refractivity contribution >= 4 is 28.5 Å². The highest BCUT2D eigenvalue weighted by Crippen LogP contribution is 2.14. The minimum absolute atomic E-state index is 0.250. The second kappa shape index (κ2) is 4.53. The Labute approximate surface area is 91.0 Å². The number of rotatable bonds is 4. The van der Waals surface area contributed by atoms with Gasteiger partial charge in [0.05, 0.1) is 0 Å². The van der Waals surface area contributed by atoms with Crippen LogP contribution in [0.2, 0.25) is 0 Å². The van der Waals surface area contributed by atoms with E-state index in [1.54, 1.807) is 22.7 Å². The summed E-state index contributed by atoms with van der Waals surface area (Å²) in [4.78, 5) is 12.9. The van der Waals surface area contributed by atoms with Crippen molar-refractivity contribution in [2.45, 2.75) is 12.8 Å². The molecule has 0 N–H and O–H groups in total. The van der Waals surface area contributed by atoms with Crippen LogP contribution in [-0.4, -0.2) is 5.78 Å². The first-order chi connectivity index (χ1) is 6.86. The van der Waals surface area contributed by atoms with E-state index in [1.807, 2.05) is 28.3 Å². The van der Waals surface area contributed by atoms with E-state index < -0.39 is 0 Å². The van der Waals surface area contributed by atoms with E-state index >= 15 is 0 Å². The summed E-state index contributed by atoms with van der Waals surface area (Å²) in [5.74, 6) is 0.250. The van der Waals surface area contributed by atoms with Crippen LogP contribution in [0.5, 0.6) is 0 Å². The first-order valence-electron chi connectivity index (χ1n) is 4.44. The summed E-state index contributed by atoms with van der Waals surface area (Å²) in [6.07, 6.45) is 1.49. The van der Waals surface area contributed by atoms with E-state index in [1.165, 1.54) is 4.88 Å². The molecule has 2 aromatic rings. The molecule has 0 aliphatic heterocycles. The zero-order chi connectivity index (χ0) is 9.80. The summed E-state index contributed by atoms with van der Waals surface area (Å²) in [5, 5.41) is 5.90. The van der Waals surface area contributed by atoms with Crippen LogP contribution in [0.3, 0.4) is 0 Å². The average Bonchev–Trinajstić information content (AvgIpc) is 2.87. The number of thiophene rings is 2. The fourth-order valence-corrected chi connectivity index (χ4v) is 2.63. The molecule has 2 heterocycles. The summed E-state index contributed by atoms with van der Waals surface area (Å²) in [7, 11) is 0. The number of carbonyl (C=O) groups is 1. The van der Waals surface area contributed by atoms with Crippen molar-refractivity contribution in [1.82, 2.24) is 0 Å². The van der Waals surface area contributed by atoms with E-state index in [0.29, 0.717) is 6.42 Å². The lowest BCUT2D eigenvalue weighted by Gasteiger charge is -1.95. The Morgan fingerprint density at radius 3 is 2.86 bits per heavy atom. The summed E-state index contributed by atoms with van der Waals surface area (Å²) in [6, 6.07) is 5.99. The minimum Gasteiger partial charge on any atom is -0.294 e. The van der Waals surface area contributed by atoms with E-state index in [-0.39, 0.29) is 5.78 Å². The summed E-state index contributed by atoms with van der Waals surface area (Å²) < 4.78 is 0. The van der Waals surface area contributed by atoms with Crippen LogP contribution in [0.4, 0.5) is 0 Å². The second-order valence-electron chi connectivity index (χ2n) is 3.01. The molecule has 0 aliphatic rings. The van der Waals surface area contributed by atoms with E-state index in [2.05, 4.69) is 6.07 Å². The maximum absolute atomic E-state index is 11.6. The van der Waals surface area contributed by atoms with Gasteiger partial charge in [0.25, 0.3) is 0 Å². The summed E-state index contributed by atoms with van der Waals surface area (Å²) in [6.45, 7) is 0. The number of aryl methyl sites for hydroxylation is 1. The maximum Gasteiger partial charge on any atom is 0.164 e. The topological polar surface area (TPSA) is 17.1 Å². The minimum atomic E-state index is 0.250. The molecule has 0 bridgehead atoms. The molecule has 14 heavy (non-hydrogen) atoms. The molecular formula is C11H10OS2. The van der Waals surface area contributed by atoms with Gasteiger partial charge in [-0.2, -0.15) is 11.3 Å². The molecule has 72 valence electrons. The molecule has 0 radical (unpaired) electrons. The van der Waals surface area contributed by atoms with Gasteiger partial charge < -0.3 is 0 Å². The Hall–Kier alpha value is -0.930. The molecule has 0 spiro atoms. The molecule has 0 atom stereocenters. The van der Waals surface area contributed by atoms with Gasteiger partial charge in [-0.25, -0.2) is 0 Å². The Kier molecular flexibility index (Phi) is 3.11. The predicted molar refractivity (Wildman–Crippen MR) is 61.3 cm³/mol. The van der Waals surface area contributed by atoms with Crippen molar-refractivity contribution in [3.8, 4) is 0 Å². The van der Waals surface area contributed by atoms with Crippen LogP contribution < -0.4 is 0 Å². The molecule has 0 amide bonds. The van der Waals surface area contributed by atoms with Crippen molar-refractivity contribution in [1.29, 1.82) is 0 Å². The number of Topliss-reactive ketones (excluding diaryl/α,β-unsaturated/α-hetero) is 1. The molecule has 0 saturated heterocycles. The second-order valence-corrected chi connectivity index (χ2v) is 4.83. The molecule has 2 rings (SSSR count). The zero-order valence-corrected chi connectivity index (χ0v) is 9.24. The van der Waals surface area contributed by atoms with Gasteiger partial charge in [-0.3, -0.25) is 4.79 Å². The lowest BCUT2D eigenvalue weighted by atomic mass is 10.1. The molecule has 0 aliphatic carbocycles. The predicted octanol–water partition coefficient (Wildman–Crippen LogP) is 3.63. The Morgan fingerprint density at radius 2 is 2.21 bits per heavy atom. The maximum atomic E-state index is 11.6. The molecule has 0 fully saturated rings. The highest BCUT2D eigenvalue weighted by atomic mass is 32.1. The first-order valence-corrected chi connectivity index (χ1v) is 6.26. The van der Waals surface area contributed by atoms with Gasteiger partial charge in [-0.1, -0.05) is 6.07 Å². The van der Waals surface area contributed by atoms with Crippen molar-refractivity contribution in [2.75, 3.05) is 0 Å². The number of hydrogen-bond donors (Lipinski definition) is 0. The third kappa shape index (κ3) is 2.30. The van der Waals surface area contributed by atoms with Gasteiger partial charge >= 0.3 is 0 Å². The van der Waals surface area contributed by atoms with Gasteiger partial charge in [0.2, 0.25) is 0 Å². The number of carbonyl (C=O) groups excluding carboxylic acids is 1. The van der Waals surface area contributed by atoms with Gasteiger partial charge in [0.1, 0.15) is 0 Å². The van der Waals surface area contributed by atoms with E-state index in [0.717, 1.165) is 12.0 Å². The van der Waals surface area contributed by atoms with Crippen molar-refractivity contribution < 1.29 is 4.79 Å². The standard InChI is InChI=1S/C11H10OS2/c12-11(9-5-7-13-8-9)4-3-10-2-1-6-14-10/h1-2,5-8H,3-4H2. The van der Waals surface area contributed by atoms with Gasteiger partial charge in [0.15, 0.2) is 5.78 Å².